The summed E-state index contributed by atoms with van der Waals surface area (Å²) in [5, 5.41) is 6.50. The van der Waals surface area contributed by atoms with Crippen molar-refractivity contribution in [3.05, 3.63) is 71.3 Å². The molecule has 1 heterocycles. The predicted octanol–water partition coefficient (Wildman–Crippen LogP) is 5.85. The number of methoxy groups -OCH3 is 4. The first-order chi connectivity index (χ1) is 18.4. The maximum absolute atomic E-state index is 13.6. The van der Waals surface area contributed by atoms with E-state index in [1.165, 1.54) is 59.0 Å². The highest BCUT2D eigenvalue weighted by Gasteiger charge is 2.14. The number of benzene rings is 3. The van der Waals surface area contributed by atoms with E-state index in [1.54, 1.807) is 30.3 Å². The number of carbonyl (C=O) groups is 1. The van der Waals surface area contributed by atoms with Crippen LogP contribution in [0.5, 0.6) is 23.0 Å². The molecule has 9 nitrogen and oxygen atoms in total. The molecule has 1 amide bonds. The number of carbonyl (C=O) groups excluding carboxylic acids is 1. The van der Waals surface area contributed by atoms with Crippen LogP contribution in [0.2, 0.25) is 5.02 Å². The Labute approximate surface area is 223 Å². The van der Waals surface area contributed by atoms with E-state index in [0.717, 1.165) is 0 Å². The average Bonchev–Trinajstić information content (AvgIpc) is 2.93. The molecule has 2 N–H and O–H groups in total. The third kappa shape index (κ3) is 5.70. The third-order valence-electron chi connectivity index (χ3n) is 5.51. The molecule has 3 aromatic carbocycles. The van der Waals surface area contributed by atoms with Gasteiger partial charge in [-0.1, -0.05) is 11.6 Å². The van der Waals surface area contributed by atoms with Crippen LogP contribution < -0.4 is 29.6 Å². The van der Waals surface area contributed by atoms with Crippen LogP contribution in [-0.4, -0.2) is 44.3 Å². The van der Waals surface area contributed by atoms with E-state index >= 15 is 0 Å². The molecule has 4 aromatic rings. The molecule has 0 saturated carbocycles. The molecular formula is C27H24ClFN4O5. The van der Waals surface area contributed by atoms with E-state index in [9.17, 15) is 9.18 Å². The highest BCUT2D eigenvalue weighted by Crippen LogP contribution is 2.38. The van der Waals surface area contributed by atoms with Crippen molar-refractivity contribution < 1.29 is 28.1 Å². The molecule has 38 heavy (non-hydrogen) atoms. The van der Waals surface area contributed by atoms with E-state index in [2.05, 4.69) is 20.6 Å². The molecule has 11 heteroatoms. The fraction of sp³-hybridized carbons (Fsp3) is 0.148. The summed E-state index contributed by atoms with van der Waals surface area (Å²) >= 11 is 5.90. The lowest BCUT2D eigenvalue weighted by Crippen LogP contribution is -2.09. The highest BCUT2D eigenvalue weighted by molar-refractivity contribution is 6.31. The summed E-state index contributed by atoms with van der Waals surface area (Å²) in [6.45, 7) is 0. The topological polar surface area (TPSA) is 104 Å². The largest absolute Gasteiger partial charge is 0.494 e. The average molecular weight is 539 g/mol. The fourth-order valence-corrected chi connectivity index (χ4v) is 3.89. The van der Waals surface area contributed by atoms with E-state index in [1.807, 2.05) is 0 Å². The number of nitrogens with one attached hydrogen (secondary N) is 2. The van der Waals surface area contributed by atoms with Gasteiger partial charge >= 0.3 is 0 Å². The van der Waals surface area contributed by atoms with E-state index in [-0.39, 0.29) is 5.02 Å². The van der Waals surface area contributed by atoms with Gasteiger partial charge in [-0.3, -0.25) is 4.79 Å². The second-order valence-electron chi connectivity index (χ2n) is 7.83. The van der Waals surface area contributed by atoms with Gasteiger partial charge in [0.15, 0.2) is 11.5 Å². The second kappa shape index (κ2) is 11.7. The SMILES string of the molecule is COc1cc2ncnc(Nc3ccc(F)c(Cl)c3)c2cc1NC(=O)C=Cc1cc(OC)c(OC)c(OC)c1. The van der Waals surface area contributed by atoms with Crippen molar-refractivity contribution in [2.45, 2.75) is 0 Å². The number of halogens is 2. The summed E-state index contributed by atoms with van der Waals surface area (Å²) in [6.07, 6.45) is 4.36. The maximum atomic E-state index is 13.6. The molecule has 0 bridgehead atoms. The van der Waals surface area contributed by atoms with E-state index in [0.29, 0.717) is 56.7 Å². The highest BCUT2D eigenvalue weighted by atomic mass is 35.5. The van der Waals surface area contributed by atoms with E-state index in [4.69, 9.17) is 30.5 Å². The van der Waals surface area contributed by atoms with Crippen LogP contribution in [0.15, 0.2) is 54.9 Å². The minimum absolute atomic E-state index is 0.0260. The second-order valence-corrected chi connectivity index (χ2v) is 8.23. The Balaban J connectivity index is 1.62. The molecule has 0 aliphatic carbocycles. The lowest BCUT2D eigenvalue weighted by Gasteiger charge is -2.14. The summed E-state index contributed by atoms with van der Waals surface area (Å²) in [5.41, 5.74) is 2.16. The molecular weight excluding hydrogens is 515 g/mol. The zero-order chi connectivity index (χ0) is 27.2. The normalized spacial score (nSPS) is 10.9. The van der Waals surface area contributed by atoms with Crippen LogP contribution in [0.4, 0.5) is 21.6 Å². The zero-order valence-corrected chi connectivity index (χ0v) is 21.7. The number of rotatable bonds is 9. The monoisotopic (exact) mass is 538 g/mol. The number of anilines is 3. The number of nitrogens with zero attached hydrogens (tertiary/aromatic N) is 2. The summed E-state index contributed by atoms with van der Waals surface area (Å²) in [5.74, 6) is 1.28. The van der Waals surface area contributed by atoms with Crippen LogP contribution in [0.25, 0.3) is 17.0 Å². The van der Waals surface area contributed by atoms with Gasteiger partial charge in [0, 0.05) is 23.2 Å². The Hall–Kier alpha value is -4.57. The minimum Gasteiger partial charge on any atom is -0.494 e. The Kier molecular flexibility index (Phi) is 8.12. The zero-order valence-electron chi connectivity index (χ0n) is 21.0. The Bertz CT molecular complexity index is 1500. The maximum Gasteiger partial charge on any atom is 0.248 e. The molecule has 0 aliphatic heterocycles. The van der Waals surface area contributed by atoms with Crippen molar-refractivity contribution >= 4 is 51.7 Å². The molecule has 0 fully saturated rings. The van der Waals surface area contributed by atoms with Gasteiger partial charge in [-0.05, 0) is 48.0 Å². The van der Waals surface area contributed by atoms with Crippen LogP contribution in [0.1, 0.15) is 5.56 Å². The molecule has 0 atom stereocenters. The smallest absolute Gasteiger partial charge is 0.248 e. The Morgan fingerprint density at radius 3 is 2.26 bits per heavy atom. The minimum atomic E-state index is -0.529. The van der Waals surface area contributed by atoms with Crippen LogP contribution in [-0.2, 0) is 4.79 Å². The molecule has 4 rings (SSSR count). The van der Waals surface area contributed by atoms with Gasteiger partial charge in [-0.2, -0.15) is 0 Å². The lowest BCUT2D eigenvalue weighted by atomic mass is 10.1. The molecule has 0 radical (unpaired) electrons. The van der Waals surface area contributed by atoms with Crippen molar-refractivity contribution in [3.8, 4) is 23.0 Å². The van der Waals surface area contributed by atoms with Gasteiger partial charge in [0.1, 0.15) is 23.7 Å². The van der Waals surface area contributed by atoms with Gasteiger partial charge in [0.2, 0.25) is 11.7 Å². The number of amides is 1. The Morgan fingerprint density at radius 1 is 0.921 bits per heavy atom. The van der Waals surface area contributed by atoms with Gasteiger partial charge in [0.05, 0.1) is 44.7 Å². The lowest BCUT2D eigenvalue weighted by molar-refractivity contribution is -0.111. The van der Waals surface area contributed by atoms with Crippen LogP contribution in [0, 0.1) is 5.82 Å². The number of hydrogen-bond donors (Lipinski definition) is 2. The van der Waals surface area contributed by atoms with Gasteiger partial charge < -0.3 is 29.6 Å². The standard InChI is InChI=1S/C27H24ClFN4O5/c1-35-22-13-20-17(27(31-14-30-20)32-16-6-7-19(29)18(28)11-16)12-21(22)33-25(34)8-5-15-9-23(36-2)26(38-4)24(10-15)37-3/h5-14H,1-4H3,(H,33,34)(H,30,31,32). The number of ether oxygens (including phenoxy) is 4. The van der Waals surface area contributed by atoms with Crippen molar-refractivity contribution in [1.82, 2.24) is 9.97 Å². The fourth-order valence-electron chi connectivity index (χ4n) is 3.70. The Morgan fingerprint density at radius 2 is 1.63 bits per heavy atom. The van der Waals surface area contributed by atoms with E-state index < -0.39 is 11.7 Å². The van der Waals surface area contributed by atoms with Crippen LogP contribution >= 0.6 is 11.6 Å². The molecule has 0 unspecified atom stereocenters. The van der Waals surface area contributed by atoms with Crippen molar-refractivity contribution in [1.29, 1.82) is 0 Å². The first-order valence-corrected chi connectivity index (χ1v) is 11.6. The molecule has 1 aromatic heterocycles. The quantitative estimate of drug-likeness (QED) is 0.256. The summed E-state index contributed by atoms with van der Waals surface area (Å²) in [4.78, 5) is 21.4. The molecule has 0 saturated heterocycles. The summed E-state index contributed by atoms with van der Waals surface area (Å²) in [6, 6.07) is 11.0. The van der Waals surface area contributed by atoms with Crippen molar-refractivity contribution in [2.75, 3.05) is 39.1 Å². The summed E-state index contributed by atoms with van der Waals surface area (Å²) < 4.78 is 35.1. The van der Waals surface area contributed by atoms with Crippen LogP contribution in [0.3, 0.4) is 0 Å². The predicted molar refractivity (Wildman–Crippen MR) is 145 cm³/mol. The summed E-state index contributed by atoms with van der Waals surface area (Å²) in [7, 11) is 6.03. The van der Waals surface area contributed by atoms with Crippen molar-refractivity contribution in [3.63, 3.8) is 0 Å². The molecule has 0 aliphatic rings. The first kappa shape index (κ1) is 26.5. The molecule has 196 valence electrons. The number of hydrogen-bond acceptors (Lipinski definition) is 8. The van der Waals surface area contributed by atoms with Gasteiger partial charge in [0.25, 0.3) is 0 Å². The van der Waals surface area contributed by atoms with Gasteiger partial charge in [-0.15, -0.1) is 0 Å². The molecule has 0 spiro atoms. The van der Waals surface area contributed by atoms with Gasteiger partial charge in [-0.25, -0.2) is 14.4 Å². The third-order valence-corrected chi connectivity index (χ3v) is 5.80. The first-order valence-electron chi connectivity index (χ1n) is 11.2. The number of fused-ring (bicyclic) bond motifs is 1. The number of aromatic nitrogens is 2. The van der Waals surface area contributed by atoms with Crippen molar-refractivity contribution in [2.24, 2.45) is 0 Å².